The summed E-state index contributed by atoms with van der Waals surface area (Å²) in [6.07, 6.45) is 2.37. The third-order valence-corrected chi connectivity index (χ3v) is 11.8. The maximum Gasteiger partial charge on any atom is 0.408 e. The minimum atomic E-state index is -1.18. The Balaban J connectivity index is 1.51. The van der Waals surface area contributed by atoms with E-state index in [-0.39, 0.29) is 30.7 Å². The number of fused-ring (bicyclic) bond motifs is 2. The first kappa shape index (κ1) is 42.7. The number of hydrogen-bond acceptors (Lipinski definition) is 12. The number of hydrogen-bond donors (Lipinski definition) is 3. The minimum Gasteiger partial charge on any atom is -0.458 e. The average Bonchev–Trinajstić information content (AvgIpc) is 3.47. The summed E-state index contributed by atoms with van der Waals surface area (Å²) in [6.45, 7) is 15.5. The molecule has 55 heavy (non-hydrogen) atoms. The lowest BCUT2D eigenvalue weighted by molar-refractivity contribution is -0.296. The molecule has 4 heterocycles. The van der Waals surface area contributed by atoms with Gasteiger partial charge in [0.15, 0.2) is 17.7 Å². The number of cyclic esters (lactones) is 1. The van der Waals surface area contributed by atoms with Crippen LogP contribution in [-0.2, 0) is 33.3 Å². The monoisotopic (exact) mass is 766 g/mol. The number of aliphatic hydroxyl groups excluding tert-OH is 1. The molecular formula is C42H62N4O9. The van der Waals surface area contributed by atoms with Crippen LogP contribution in [0, 0.1) is 17.8 Å². The number of nitrogens with zero attached hydrogens (tertiary/aromatic N) is 2. The summed E-state index contributed by atoms with van der Waals surface area (Å²) in [5, 5.41) is 19.1. The lowest BCUT2D eigenvalue weighted by atomic mass is 9.78. The second-order valence-corrected chi connectivity index (χ2v) is 16.6. The largest absolute Gasteiger partial charge is 0.458 e. The van der Waals surface area contributed by atoms with Crippen molar-refractivity contribution in [2.24, 2.45) is 17.8 Å². The van der Waals surface area contributed by atoms with Crippen molar-refractivity contribution in [3.8, 4) is 0 Å². The number of Topliss-reactive ketones (excluding diaryl/α,β-unsaturated/α-hetero) is 1. The van der Waals surface area contributed by atoms with Crippen LogP contribution in [0.4, 0.5) is 4.79 Å². The third-order valence-electron chi connectivity index (χ3n) is 11.8. The molecule has 3 saturated heterocycles. The number of ether oxygens (including phenoxy) is 5. The number of aliphatic hydroxyl groups is 1. The number of carbonyl (C=O) groups is 3. The SMILES string of the molecule is CC[C@H]1OC(=O)[C@H](C)C(=O)[C@@H](C)[C@@H](O[C@@H]2OC(C)CC(N(C)C)C2O)[C@](C)(OC/C=C/c2cnc3ccccc3c2)C[C@@H](C)CN[C@H](C)[C@H]2NC(=O)O[C@@]21C. The van der Waals surface area contributed by atoms with Gasteiger partial charge in [-0.2, -0.15) is 0 Å². The second-order valence-electron chi connectivity index (χ2n) is 16.6. The Morgan fingerprint density at radius 1 is 1.09 bits per heavy atom. The van der Waals surface area contributed by atoms with Crippen molar-refractivity contribution in [2.75, 3.05) is 27.2 Å². The zero-order valence-electron chi connectivity index (χ0n) is 34.1. The van der Waals surface area contributed by atoms with Crippen LogP contribution in [0.1, 0.15) is 80.2 Å². The number of likely N-dealkylation sites (N-methyl/N-ethyl adjacent to an activating group) is 1. The van der Waals surface area contributed by atoms with E-state index in [0.29, 0.717) is 25.8 Å². The number of rotatable bonds is 8. The maximum absolute atomic E-state index is 14.5. The van der Waals surface area contributed by atoms with Crippen LogP contribution in [0.25, 0.3) is 17.0 Å². The number of alkyl carbamates (subject to hydrolysis) is 1. The highest BCUT2D eigenvalue weighted by Crippen LogP contribution is 2.38. The van der Waals surface area contributed by atoms with Gasteiger partial charge in [-0.15, -0.1) is 0 Å². The van der Waals surface area contributed by atoms with Gasteiger partial charge in [0.2, 0.25) is 0 Å². The number of benzene rings is 1. The molecule has 3 unspecified atom stereocenters. The van der Waals surface area contributed by atoms with Crippen molar-refractivity contribution in [3.05, 3.63) is 48.2 Å². The average molecular weight is 767 g/mol. The molecule has 13 heteroatoms. The van der Waals surface area contributed by atoms with Gasteiger partial charge >= 0.3 is 12.1 Å². The molecule has 3 fully saturated rings. The standard InChI is InChI=1S/C42H62N4O9/c1-11-33-42(8)36(45-40(50)55-42)28(6)43-22-24(2)21-41(7,51-18-14-15-29-20-30-16-12-13-17-31(30)44-23-29)37(26(4)34(47)27(5)38(49)53-33)54-39-35(48)32(46(9)10)19-25(3)52-39/h12-17,20,23-28,32-33,35-37,39,43,48H,11,18-19,21-22H2,1-10H3,(H,45,50)/b15-14+/t24-,25?,26-,27-,28-,32?,33-,35?,36-,37-,39+,41-,42-/m1/s1. The molecule has 0 radical (unpaired) electrons. The quantitative estimate of drug-likeness (QED) is 0.248. The number of para-hydroxylation sites is 1. The van der Waals surface area contributed by atoms with Crippen molar-refractivity contribution in [1.82, 2.24) is 20.5 Å². The van der Waals surface area contributed by atoms with Crippen molar-refractivity contribution >= 4 is 34.8 Å². The molecule has 0 saturated carbocycles. The first-order valence-corrected chi connectivity index (χ1v) is 19.7. The summed E-state index contributed by atoms with van der Waals surface area (Å²) < 4.78 is 31.7. The fourth-order valence-electron chi connectivity index (χ4n) is 8.68. The number of aromatic nitrogens is 1. The summed E-state index contributed by atoms with van der Waals surface area (Å²) in [7, 11) is 3.81. The van der Waals surface area contributed by atoms with Gasteiger partial charge in [-0.05, 0) is 98.1 Å². The predicted octanol–water partition coefficient (Wildman–Crippen LogP) is 4.88. The molecular weight excluding hydrogens is 704 g/mol. The van der Waals surface area contributed by atoms with Crippen LogP contribution in [0.2, 0.25) is 0 Å². The zero-order valence-corrected chi connectivity index (χ0v) is 34.1. The molecule has 13 atom stereocenters. The van der Waals surface area contributed by atoms with Crippen molar-refractivity contribution < 1.29 is 43.2 Å². The summed E-state index contributed by atoms with van der Waals surface area (Å²) in [5.74, 6) is -3.25. The van der Waals surface area contributed by atoms with Crippen LogP contribution >= 0.6 is 0 Å². The van der Waals surface area contributed by atoms with Gasteiger partial charge in [0.05, 0.1) is 36.0 Å². The molecule has 304 valence electrons. The molecule has 1 aromatic carbocycles. The zero-order chi connectivity index (χ0) is 40.2. The van der Waals surface area contributed by atoms with E-state index in [0.717, 1.165) is 16.5 Å². The summed E-state index contributed by atoms with van der Waals surface area (Å²) in [5.41, 5.74) is -0.496. The molecule has 3 N–H and O–H groups in total. The Hall–Kier alpha value is -3.46. The van der Waals surface area contributed by atoms with Crippen LogP contribution in [0.3, 0.4) is 0 Å². The van der Waals surface area contributed by atoms with E-state index in [1.807, 2.05) is 89.3 Å². The highest BCUT2D eigenvalue weighted by molar-refractivity contribution is 6.00. The van der Waals surface area contributed by atoms with E-state index in [1.54, 1.807) is 13.8 Å². The van der Waals surface area contributed by atoms with Gasteiger partial charge in [0.1, 0.15) is 18.1 Å². The van der Waals surface area contributed by atoms with E-state index >= 15 is 0 Å². The predicted molar refractivity (Wildman–Crippen MR) is 209 cm³/mol. The van der Waals surface area contributed by atoms with Gasteiger partial charge in [0.25, 0.3) is 0 Å². The second kappa shape index (κ2) is 17.8. The number of amides is 1. The van der Waals surface area contributed by atoms with E-state index in [9.17, 15) is 19.5 Å². The number of carbonyl (C=O) groups excluding carboxylic acids is 3. The van der Waals surface area contributed by atoms with E-state index in [1.165, 1.54) is 6.92 Å². The summed E-state index contributed by atoms with van der Waals surface area (Å²) in [6, 6.07) is 8.92. The number of esters is 1. The Kier molecular flexibility index (Phi) is 13.8. The summed E-state index contributed by atoms with van der Waals surface area (Å²) in [4.78, 5) is 47.5. The van der Waals surface area contributed by atoms with Gasteiger partial charge in [-0.3, -0.25) is 14.6 Å². The topological polar surface area (TPSA) is 158 Å². The third kappa shape index (κ3) is 9.57. The minimum absolute atomic E-state index is 0.0353. The Labute approximate surface area is 325 Å². The normalized spacial score (nSPS) is 38.3. The Morgan fingerprint density at radius 3 is 2.53 bits per heavy atom. The van der Waals surface area contributed by atoms with Crippen LogP contribution in [0.15, 0.2) is 42.6 Å². The van der Waals surface area contributed by atoms with Gasteiger partial charge in [0, 0.05) is 29.6 Å². The molecule has 3 aliphatic heterocycles. The fourth-order valence-corrected chi connectivity index (χ4v) is 8.68. The number of pyridine rings is 1. The molecule has 3 aliphatic rings. The summed E-state index contributed by atoms with van der Waals surface area (Å²) >= 11 is 0. The smallest absolute Gasteiger partial charge is 0.408 e. The highest BCUT2D eigenvalue weighted by atomic mass is 16.7. The fraction of sp³-hybridized carbons (Fsp3) is 0.667. The van der Waals surface area contributed by atoms with Gasteiger partial charge in [-0.25, -0.2) is 4.79 Å². The molecule has 2 aromatic rings. The number of nitrogens with one attached hydrogen (secondary N) is 2. The van der Waals surface area contributed by atoms with Gasteiger partial charge < -0.3 is 44.3 Å². The molecule has 1 aromatic heterocycles. The number of ketones is 1. The van der Waals surface area contributed by atoms with E-state index < -0.39 is 71.5 Å². The van der Waals surface area contributed by atoms with Crippen molar-refractivity contribution in [3.63, 3.8) is 0 Å². The van der Waals surface area contributed by atoms with Crippen molar-refractivity contribution in [1.29, 1.82) is 0 Å². The molecule has 0 aliphatic carbocycles. The first-order chi connectivity index (χ1) is 26.0. The van der Waals surface area contributed by atoms with Gasteiger partial charge in [-0.1, -0.05) is 51.1 Å². The van der Waals surface area contributed by atoms with E-state index in [2.05, 4.69) is 28.6 Å². The molecule has 0 spiro atoms. The maximum atomic E-state index is 14.5. The molecule has 13 nitrogen and oxygen atoms in total. The molecule has 5 rings (SSSR count). The highest BCUT2D eigenvalue weighted by Gasteiger charge is 2.55. The van der Waals surface area contributed by atoms with Crippen LogP contribution in [-0.4, -0.2) is 120 Å². The lowest BCUT2D eigenvalue weighted by Gasteiger charge is -2.47. The van der Waals surface area contributed by atoms with Crippen LogP contribution < -0.4 is 10.6 Å². The Bertz CT molecular complexity index is 1690. The molecule has 0 bridgehead atoms. The molecule has 1 amide bonds. The van der Waals surface area contributed by atoms with Crippen molar-refractivity contribution in [2.45, 2.75) is 135 Å². The lowest BCUT2D eigenvalue weighted by Crippen LogP contribution is -2.60. The van der Waals surface area contributed by atoms with Crippen LogP contribution in [0.5, 0.6) is 0 Å². The van der Waals surface area contributed by atoms with E-state index in [4.69, 9.17) is 23.7 Å². The first-order valence-electron chi connectivity index (χ1n) is 19.7. The Morgan fingerprint density at radius 2 is 1.82 bits per heavy atom.